The molecule has 0 saturated carbocycles. The molecule has 1 aromatic heterocycles. The normalized spacial score (nSPS) is 9.65. The van der Waals surface area contributed by atoms with Crippen LogP contribution in [0.3, 0.4) is 0 Å². The van der Waals surface area contributed by atoms with Crippen molar-refractivity contribution < 1.29 is 4.74 Å². The lowest BCUT2D eigenvalue weighted by molar-refractivity contribution is 0.462. The van der Waals surface area contributed by atoms with E-state index < -0.39 is 0 Å². The minimum atomic E-state index is 0.428. The maximum Gasteiger partial charge on any atom is 0.219 e. The molecule has 1 heterocycles. The molecule has 3 nitrogen and oxygen atoms in total. The van der Waals surface area contributed by atoms with Gasteiger partial charge in [-0.05, 0) is 23.8 Å². The molecule has 0 aliphatic heterocycles. The predicted octanol–water partition coefficient (Wildman–Crippen LogP) is 3.48. The average molecular weight is 245 g/mol. The summed E-state index contributed by atoms with van der Waals surface area (Å²) in [4.78, 5) is 4.11. The molecule has 0 radical (unpaired) electrons. The molecule has 2 aromatic rings. The van der Waals surface area contributed by atoms with E-state index in [1.807, 2.05) is 6.07 Å². The van der Waals surface area contributed by atoms with Crippen LogP contribution in [-0.2, 0) is 5.88 Å². The molecular weight excluding hydrogens is 236 g/mol. The standard InChI is InChI=1S/C13H9ClN2O/c14-7-11-4-5-13(16-9-11)17-12-3-1-2-10(6-12)8-15/h1-6,9H,7H2. The maximum atomic E-state index is 8.76. The number of rotatable bonds is 3. The van der Waals surface area contributed by atoms with Crippen LogP contribution in [0.5, 0.6) is 11.6 Å². The molecule has 0 fully saturated rings. The number of hydrogen-bond donors (Lipinski definition) is 0. The van der Waals surface area contributed by atoms with Crippen molar-refractivity contribution in [2.75, 3.05) is 0 Å². The van der Waals surface area contributed by atoms with Gasteiger partial charge in [0.25, 0.3) is 0 Å². The third-order valence-corrected chi connectivity index (χ3v) is 2.45. The largest absolute Gasteiger partial charge is 0.439 e. The van der Waals surface area contributed by atoms with Gasteiger partial charge in [0.1, 0.15) is 5.75 Å². The molecule has 0 saturated heterocycles. The first kappa shape index (κ1) is 11.4. The molecule has 84 valence electrons. The summed E-state index contributed by atoms with van der Waals surface area (Å²) < 4.78 is 5.52. The number of nitrogens with zero attached hydrogens (tertiary/aromatic N) is 2. The van der Waals surface area contributed by atoms with Crippen LogP contribution in [0.1, 0.15) is 11.1 Å². The quantitative estimate of drug-likeness (QED) is 0.777. The topological polar surface area (TPSA) is 45.9 Å². The second kappa shape index (κ2) is 5.33. The van der Waals surface area contributed by atoms with Crippen LogP contribution in [0.15, 0.2) is 42.6 Å². The smallest absolute Gasteiger partial charge is 0.219 e. The molecule has 0 amide bonds. The number of hydrogen-bond acceptors (Lipinski definition) is 3. The molecule has 0 aliphatic rings. The zero-order chi connectivity index (χ0) is 12.1. The molecule has 0 bridgehead atoms. The Balaban J connectivity index is 2.16. The van der Waals surface area contributed by atoms with Crippen LogP contribution in [0.25, 0.3) is 0 Å². The molecule has 0 unspecified atom stereocenters. The van der Waals surface area contributed by atoms with Gasteiger partial charge in [-0.1, -0.05) is 12.1 Å². The maximum absolute atomic E-state index is 8.76. The summed E-state index contributed by atoms with van der Waals surface area (Å²) in [6, 6.07) is 12.6. The van der Waals surface area contributed by atoms with E-state index in [0.717, 1.165) is 5.56 Å². The lowest BCUT2D eigenvalue weighted by Crippen LogP contribution is -1.89. The molecule has 0 spiro atoms. The lowest BCUT2D eigenvalue weighted by atomic mass is 10.2. The summed E-state index contributed by atoms with van der Waals surface area (Å²) in [7, 11) is 0. The Bertz CT molecular complexity index is 546. The van der Waals surface area contributed by atoms with Gasteiger partial charge in [0, 0.05) is 18.1 Å². The Morgan fingerprint density at radius 3 is 2.82 bits per heavy atom. The molecular formula is C13H9ClN2O. The molecule has 0 N–H and O–H groups in total. The Kier molecular flexibility index (Phi) is 3.59. The first-order chi connectivity index (χ1) is 8.31. The number of alkyl halides is 1. The van der Waals surface area contributed by atoms with Crippen LogP contribution in [0.4, 0.5) is 0 Å². The van der Waals surface area contributed by atoms with Gasteiger partial charge in [0.2, 0.25) is 5.88 Å². The number of nitriles is 1. The van der Waals surface area contributed by atoms with E-state index in [9.17, 15) is 0 Å². The van der Waals surface area contributed by atoms with Crippen molar-refractivity contribution in [1.82, 2.24) is 4.98 Å². The van der Waals surface area contributed by atoms with E-state index in [4.69, 9.17) is 21.6 Å². The van der Waals surface area contributed by atoms with Crippen LogP contribution >= 0.6 is 11.6 Å². The van der Waals surface area contributed by atoms with Crippen molar-refractivity contribution >= 4 is 11.6 Å². The fourth-order valence-corrected chi connectivity index (χ4v) is 1.46. The van der Waals surface area contributed by atoms with Crippen LogP contribution in [-0.4, -0.2) is 4.98 Å². The molecule has 0 aliphatic carbocycles. The van der Waals surface area contributed by atoms with Gasteiger partial charge in [-0.3, -0.25) is 0 Å². The van der Waals surface area contributed by atoms with E-state index in [1.54, 1.807) is 36.5 Å². The lowest BCUT2D eigenvalue weighted by Gasteiger charge is -2.04. The summed E-state index contributed by atoms with van der Waals surface area (Å²) in [6.45, 7) is 0. The minimum Gasteiger partial charge on any atom is -0.439 e. The van der Waals surface area contributed by atoms with E-state index in [1.165, 1.54) is 0 Å². The first-order valence-corrected chi connectivity index (χ1v) is 5.54. The third-order valence-electron chi connectivity index (χ3n) is 2.14. The minimum absolute atomic E-state index is 0.428. The van der Waals surface area contributed by atoms with E-state index in [0.29, 0.717) is 23.1 Å². The second-order valence-electron chi connectivity index (χ2n) is 3.38. The Labute approximate surface area is 104 Å². The van der Waals surface area contributed by atoms with Crippen molar-refractivity contribution in [2.24, 2.45) is 0 Å². The van der Waals surface area contributed by atoms with Crippen molar-refractivity contribution in [3.8, 4) is 17.7 Å². The fraction of sp³-hybridized carbons (Fsp3) is 0.0769. The molecule has 2 rings (SSSR count). The third kappa shape index (κ3) is 2.96. The number of ether oxygens (including phenoxy) is 1. The molecule has 17 heavy (non-hydrogen) atoms. The Hall–Kier alpha value is -2.05. The van der Waals surface area contributed by atoms with Crippen molar-refractivity contribution in [3.63, 3.8) is 0 Å². The van der Waals surface area contributed by atoms with Gasteiger partial charge in [-0.15, -0.1) is 11.6 Å². The number of benzene rings is 1. The van der Waals surface area contributed by atoms with Gasteiger partial charge in [-0.2, -0.15) is 5.26 Å². The van der Waals surface area contributed by atoms with Crippen molar-refractivity contribution in [1.29, 1.82) is 5.26 Å². The second-order valence-corrected chi connectivity index (χ2v) is 3.65. The van der Waals surface area contributed by atoms with Crippen LogP contribution < -0.4 is 4.74 Å². The highest BCUT2D eigenvalue weighted by Crippen LogP contribution is 2.20. The van der Waals surface area contributed by atoms with Gasteiger partial charge < -0.3 is 4.74 Å². The summed E-state index contributed by atoms with van der Waals surface area (Å²) in [6.07, 6.45) is 1.66. The highest BCUT2D eigenvalue weighted by molar-refractivity contribution is 6.17. The highest BCUT2D eigenvalue weighted by atomic mass is 35.5. The zero-order valence-electron chi connectivity index (χ0n) is 8.93. The highest BCUT2D eigenvalue weighted by Gasteiger charge is 2.00. The Morgan fingerprint density at radius 2 is 2.18 bits per heavy atom. The van der Waals surface area contributed by atoms with Gasteiger partial charge in [-0.25, -0.2) is 4.98 Å². The molecule has 0 atom stereocenters. The number of pyridine rings is 1. The first-order valence-electron chi connectivity index (χ1n) is 5.01. The van der Waals surface area contributed by atoms with Crippen molar-refractivity contribution in [3.05, 3.63) is 53.7 Å². The van der Waals surface area contributed by atoms with Crippen LogP contribution in [0, 0.1) is 11.3 Å². The summed E-state index contributed by atoms with van der Waals surface area (Å²) in [5.41, 5.74) is 1.49. The summed E-state index contributed by atoms with van der Waals surface area (Å²) in [5, 5.41) is 8.76. The zero-order valence-corrected chi connectivity index (χ0v) is 9.69. The fourth-order valence-electron chi connectivity index (χ4n) is 1.30. The van der Waals surface area contributed by atoms with E-state index >= 15 is 0 Å². The van der Waals surface area contributed by atoms with E-state index in [-0.39, 0.29) is 0 Å². The Morgan fingerprint density at radius 1 is 1.29 bits per heavy atom. The summed E-state index contributed by atoms with van der Waals surface area (Å²) >= 11 is 5.66. The number of aromatic nitrogens is 1. The van der Waals surface area contributed by atoms with Gasteiger partial charge in [0.05, 0.1) is 11.6 Å². The van der Waals surface area contributed by atoms with Crippen LogP contribution in [0.2, 0.25) is 0 Å². The number of halogens is 1. The summed E-state index contributed by atoms with van der Waals surface area (Å²) in [5.74, 6) is 1.50. The SMILES string of the molecule is N#Cc1cccc(Oc2ccc(CCl)cn2)c1. The molecule has 1 aromatic carbocycles. The molecule has 4 heteroatoms. The van der Waals surface area contributed by atoms with Gasteiger partial charge in [0.15, 0.2) is 0 Å². The van der Waals surface area contributed by atoms with Crippen molar-refractivity contribution in [2.45, 2.75) is 5.88 Å². The average Bonchev–Trinajstić information content (AvgIpc) is 2.40. The monoisotopic (exact) mass is 244 g/mol. The van der Waals surface area contributed by atoms with E-state index in [2.05, 4.69) is 11.1 Å². The van der Waals surface area contributed by atoms with Gasteiger partial charge >= 0.3 is 0 Å². The predicted molar refractivity (Wildman–Crippen MR) is 65.0 cm³/mol.